The molecule has 1 heterocycles. The molecule has 0 aliphatic carbocycles. The number of aryl methyl sites for hydroxylation is 1. The standard InChI is InChI=1S/C12H12N3/c1-3-12-10-15(13-14(12)2)9-11-7-5-4-6-8-11/h1,4-8,10H,9H2,2H3/q+1. The van der Waals surface area contributed by atoms with Crippen molar-refractivity contribution in [1.29, 1.82) is 0 Å². The Hall–Kier alpha value is -2.08. The lowest BCUT2D eigenvalue weighted by atomic mass is 10.2. The van der Waals surface area contributed by atoms with Crippen LogP contribution in [0.5, 0.6) is 0 Å². The zero-order valence-corrected chi connectivity index (χ0v) is 8.59. The summed E-state index contributed by atoms with van der Waals surface area (Å²) in [5.74, 6) is 2.58. The molecule has 0 radical (unpaired) electrons. The molecule has 0 spiro atoms. The van der Waals surface area contributed by atoms with Gasteiger partial charge in [0.15, 0.2) is 6.20 Å². The van der Waals surface area contributed by atoms with E-state index < -0.39 is 0 Å². The quantitative estimate of drug-likeness (QED) is 0.515. The van der Waals surface area contributed by atoms with Crippen LogP contribution in [0.15, 0.2) is 36.5 Å². The number of rotatable bonds is 2. The average Bonchev–Trinajstić information content (AvgIpc) is 2.60. The van der Waals surface area contributed by atoms with Gasteiger partial charge in [0, 0.05) is 0 Å². The van der Waals surface area contributed by atoms with Gasteiger partial charge < -0.3 is 0 Å². The summed E-state index contributed by atoms with van der Waals surface area (Å²) in [4.78, 5) is 0. The fourth-order valence-corrected chi connectivity index (χ4v) is 1.45. The SMILES string of the molecule is C#Cc1c[n+](Cc2ccccc2)nn1C. The van der Waals surface area contributed by atoms with Crippen molar-refractivity contribution >= 4 is 0 Å². The van der Waals surface area contributed by atoms with Crippen molar-refractivity contribution in [3.8, 4) is 12.3 Å². The summed E-state index contributed by atoms with van der Waals surface area (Å²) in [7, 11) is 1.84. The highest BCUT2D eigenvalue weighted by molar-refractivity contribution is 5.18. The summed E-state index contributed by atoms with van der Waals surface area (Å²) in [5.41, 5.74) is 2.00. The molecule has 0 atom stereocenters. The van der Waals surface area contributed by atoms with Crippen molar-refractivity contribution < 1.29 is 4.68 Å². The minimum atomic E-state index is 0.746. The third-order valence-corrected chi connectivity index (χ3v) is 2.20. The first-order chi connectivity index (χ1) is 7.29. The Morgan fingerprint density at radius 2 is 2.13 bits per heavy atom. The molecule has 74 valence electrons. The number of aromatic nitrogens is 3. The molecule has 0 bridgehead atoms. The molecule has 0 N–H and O–H groups in total. The molecule has 3 nitrogen and oxygen atoms in total. The van der Waals surface area contributed by atoms with Crippen LogP contribution < -0.4 is 4.68 Å². The van der Waals surface area contributed by atoms with Crippen LogP contribution in [0.25, 0.3) is 0 Å². The monoisotopic (exact) mass is 198 g/mol. The Bertz CT molecular complexity index is 491. The third kappa shape index (κ3) is 2.05. The first-order valence-corrected chi connectivity index (χ1v) is 4.74. The first-order valence-electron chi connectivity index (χ1n) is 4.74. The summed E-state index contributed by atoms with van der Waals surface area (Å²) in [6.45, 7) is 0.746. The van der Waals surface area contributed by atoms with E-state index in [1.54, 1.807) is 4.68 Å². The molecule has 0 fully saturated rings. The number of benzene rings is 1. The van der Waals surface area contributed by atoms with Crippen LogP contribution in [0.1, 0.15) is 11.3 Å². The lowest BCUT2D eigenvalue weighted by Crippen LogP contribution is -2.36. The molecule has 1 aromatic carbocycles. The van der Waals surface area contributed by atoms with Gasteiger partial charge >= 0.3 is 0 Å². The van der Waals surface area contributed by atoms with Crippen LogP contribution in [-0.4, -0.2) is 9.90 Å². The maximum absolute atomic E-state index is 5.33. The number of hydrogen-bond donors (Lipinski definition) is 0. The van der Waals surface area contributed by atoms with E-state index in [0.29, 0.717) is 0 Å². The van der Waals surface area contributed by atoms with Crippen LogP contribution in [0.4, 0.5) is 0 Å². The highest BCUT2D eigenvalue weighted by Crippen LogP contribution is 1.97. The zero-order chi connectivity index (χ0) is 10.7. The van der Waals surface area contributed by atoms with E-state index in [2.05, 4.69) is 23.3 Å². The van der Waals surface area contributed by atoms with Crippen LogP contribution in [0.2, 0.25) is 0 Å². The van der Waals surface area contributed by atoms with E-state index in [4.69, 9.17) is 6.42 Å². The zero-order valence-electron chi connectivity index (χ0n) is 8.59. The second-order valence-electron chi connectivity index (χ2n) is 3.35. The molecule has 0 unspecified atom stereocenters. The predicted octanol–water partition coefficient (Wildman–Crippen LogP) is 0.737. The average molecular weight is 198 g/mol. The molecule has 0 saturated carbocycles. The van der Waals surface area contributed by atoms with Crippen LogP contribution in [0.3, 0.4) is 0 Å². The van der Waals surface area contributed by atoms with Gasteiger partial charge in [0.05, 0.1) is 5.21 Å². The van der Waals surface area contributed by atoms with Gasteiger partial charge in [-0.15, -0.1) is 15.8 Å². The lowest BCUT2D eigenvalue weighted by molar-refractivity contribution is -0.747. The Morgan fingerprint density at radius 3 is 2.73 bits per heavy atom. The summed E-state index contributed by atoms with van der Waals surface area (Å²) in [5, 5.41) is 4.27. The van der Waals surface area contributed by atoms with Crippen molar-refractivity contribution in [2.24, 2.45) is 7.05 Å². The molecule has 2 aromatic rings. The summed E-state index contributed by atoms with van der Waals surface area (Å²) in [6.07, 6.45) is 7.20. The van der Waals surface area contributed by atoms with Crippen molar-refractivity contribution in [2.75, 3.05) is 0 Å². The number of terminal acetylenes is 1. The maximum Gasteiger partial charge on any atom is 0.240 e. The highest BCUT2D eigenvalue weighted by Gasteiger charge is 2.09. The molecule has 2 rings (SSSR count). The summed E-state index contributed by atoms with van der Waals surface area (Å²) < 4.78 is 3.54. The summed E-state index contributed by atoms with van der Waals surface area (Å²) in [6, 6.07) is 10.2. The Kier molecular flexibility index (Phi) is 2.51. The largest absolute Gasteiger partial charge is 0.240 e. The fourth-order valence-electron chi connectivity index (χ4n) is 1.45. The maximum atomic E-state index is 5.33. The van der Waals surface area contributed by atoms with Gasteiger partial charge in [0.2, 0.25) is 5.69 Å². The fraction of sp³-hybridized carbons (Fsp3) is 0.167. The normalized spacial score (nSPS) is 9.87. The van der Waals surface area contributed by atoms with E-state index in [1.165, 1.54) is 5.56 Å². The summed E-state index contributed by atoms with van der Waals surface area (Å²) >= 11 is 0. The highest BCUT2D eigenvalue weighted by atomic mass is 15.5. The van der Waals surface area contributed by atoms with Gasteiger partial charge in [-0.25, -0.2) is 0 Å². The van der Waals surface area contributed by atoms with E-state index in [0.717, 1.165) is 12.2 Å². The van der Waals surface area contributed by atoms with Crippen LogP contribution >= 0.6 is 0 Å². The van der Waals surface area contributed by atoms with Crippen LogP contribution in [-0.2, 0) is 13.6 Å². The van der Waals surface area contributed by atoms with E-state index in [-0.39, 0.29) is 0 Å². The number of nitrogens with zero attached hydrogens (tertiary/aromatic N) is 3. The third-order valence-electron chi connectivity index (χ3n) is 2.20. The van der Waals surface area contributed by atoms with Gasteiger partial charge in [-0.1, -0.05) is 30.3 Å². The molecule has 0 aliphatic rings. The van der Waals surface area contributed by atoms with E-state index >= 15 is 0 Å². The van der Waals surface area contributed by atoms with Crippen molar-refractivity contribution in [3.63, 3.8) is 0 Å². The molecule has 0 saturated heterocycles. The van der Waals surface area contributed by atoms with Crippen molar-refractivity contribution in [3.05, 3.63) is 47.8 Å². The van der Waals surface area contributed by atoms with Gasteiger partial charge in [-0.3, -0.25) is 0 Å². The minimum Gasteiger partial charge on any atom is -0.132 e. The molecule has 1 aromatic heterocycles. The molecule has 3 heteroatoms. The topological polar surface area (TPSA) is 21.7 Å². The van der Waals surface area contributed by atoms with E-state index in [9.17, 15) is 0 Å². The molecule has 0 aliphatic heterocycles. The van der Waals surface area contributed by atoms with Crippen LogP contribution in [0, 0.1) is 12.3 Å². The smallest absolute Gasteiger partial charge is 0.132 e. The molecule has 0 amide bonds. The van der Waals surface area contributed by atoms with E-state index in [1.807, 2.05) is 36.1 Å². The van der Waals surface area contributed by atoms with Gasteiger partial charge in [0.25, 0.3) is 0 Å². The van der Waals surface area contributed by atoms with Gasteiger partial charge in [-0.05, 0) is 11.5 Å². The first kappa shape index (κ1) is 9.47. The lowest BCUT2D eigenvalue weighted by Gasteiger charge is -1.93. The van der Waals surface area contributed by atoms with Crippen molar-refractivity contribution in [1.82, 2.24) is 9.90 Å². The Morgan fingerprint density at radius 1 is 1.40 bits per heavy atom. The van der Waals surface area contributed by atoms with Gasteiger partial charge in [-0.2, -0.15) is 0 Å². The molecular formula is C12H12N3+. The minimum absolute atomic E-state index is 0.746. The van der Waals surface area contributed by atoms with Gasteiger partial charge in [0.1, 0.15) is 13.6 Å². The Balaban J connectivity index is 2.23. The predicted molar refractivity (Wildman–Crippen MR) is 56.9 cm³/mol. The Labute approximate surface area is 89.0 Å². The molecular weight excluding hydrogens is 186 g/mol. The second kappa shape index (κ2) is 3.97. The molecule has 15 heavy (non-hydrogen) atoms. The second-order valence-corrected chi connectivity index (χ2v) is 3.35. The number of hydrogen-bond acceptors (Lipinski definition) is 1. The van der Waals surface area contributed by atoms with Crippen molar-refractivity contribution in [2.45, 2.75) is 6.54 Å².